The first-order valence-corrected chi connectivity index (χ1v) is 8.80. The summed E-state index contributed by atoms with van der Waals surface area (Å²) < 4.78 is 10.5. The molecule has 1 aliphatic heterocycles. The number of rotatable bonds is 8. The van der Waals surface area contributed by atoms with Crippen LogP contribution in [0.4, 0.5) is 4.79 Å². The molecule has 0 unspecified atom stereocenters. The minimum atomic E-state index is -1.09. The van der Waals surface area contributed by atoms with Gasteiger partial charge in [-0.1, -0.05) is 13.3 Å². The fourth-order valence-corrected chi connectivity index (χ4v) is 2.77. The van der Waals surface area contributed by atoms with E-state index in [9.17, 15) is 14.4 Å². The number of amides is 4. The van der Waals surface area contributed by atoms with Gasteiger partial charge in [-0.3, -0.25) is 24.8 Å². The number of hydrogen-bond donors (Lipinski definition) is 1. The molecule has 27 heavy (non-hydrogen) atoms. The highest BCUT2D eigenvalue weighted by molar-refractivity contribution is 6.27. The topological polar surface area (TPSA) is 97.3 Å². The summed E-state index contributed by atoms with van der Waals surface area (Å²) in [4.78, 5) is 42.2. The Kier molecular flexibility index (Phi) is 6.92. The smallest absolute Gasteiger partial charge is 0.330 e. The predicted octanol–water partition coefficient (Wildman–Crippen LogP) is 2.16. The maximum atomic E-state index is 12.6. The van der Waals surface area contributed by atoms with E-state index < -0.39 is 23.8 Å². The third kappa shape index (κ3) is 4.84. The maximum Gasteiger partial charge on any atom is 0.330 e. The van der Waals surface area contributed by atoms with Gasteiger partial charge in [0.05, 0.1) is 20.8 Å². The third-order valence-corrected chi connectivity index (χ3v) is 4.33. The number of ether oxygens (including phenoxy) is 2. The predicted molar refractivity (Wildman–Crippen MR) is 100 cm³/mol. The molecule has 4 amide bonds. The second kappa shape index (κ2) is 9.16. The largest absolute Gasteiger partial charge is 0.497 e. The van der Waals surface area contributed by atoms with Crippen LogP contribution in [0.2, 0.25) is 0 Å². The van der Waals surface area contributed by atoms with Gasteiger partial charge in [0.1, 0.15) is 11.5 Å². The lowest BCUT2D eigenvalue weighted by molar-refractivity contribution is -0.139. The van der Waals surface area contributed by atoms with Gasteiger partial charge >= 0.3 is 6.03 Å². The van der Waals surface area contributed by atoms with Crippen LogP contribution in [-0.2, 0) is 16.1 Å². The van der Waals surface area contributed by atoms with Crippen molar-refractivity contribution in [2.45, 2.75) is 33.2 Å². The number of urea groups is 1. The molecule has 1 fully saturated rings. The molecule has 1 aromatic rings. The number of benzene rings is 1. The quantitative estimate of drug-likeness (QED) is 0.555. The van der Waals surface area contributed by atoms with E-state index in [1.165, 1.54) is 0 Å². The molecule has 2 rings (SSSR count). The van der Waals surface area contributed by atoms with Crippen LogP contribution in [0.25, 0.3) is 0 Å². The number of nitrogens with zero attached hydrogens (tertiary/aromatic N) is 2. The molecule has 8 heteroatoms. The van der Waals surface area contributed by atoms with E-state index in [0.29, 0.717) is 23.6 Å². The summed E-state index contributed by atoms with van der Waals surface area (Å²) in [5, 5.41) is 2.24. The summed E-state index contributed by atoms with van der Waals surface area (Å²) in [6, 6.07) is 4.69. The van der Waals surface area contributed by atoms with Crippen molar-refractivity contribution in [2.24, 2.45) is 10.9 Å². The van der Waals surface area contributed by atoms with Gasteiger partial charge < -0.3 is 9.47 Å². The van der Waals surface area contributed by atoms with E-state index in [1.54, 1.807) is 39.3 Å². The third-order valence-electron chi connectivity index (χ3n) is 4.33. The van der Waals surface area contributed by atoms with Gasteiger partial charge in [0.2, 0.25) is 11.8 Å². The minimum Gasteiger partial charge on any atom is -0.497 e. The number of barbiturate groups is 1. The van der Waals surface area contributed by atoms with Gasteiger partial charge in [0.15, 0.2) is 5.92 Å². The zero-order chi connectivity index (χ0) is 20.0. The zero-order valence-corrected chi connectivity index (χ0v) is 16.1. The van der Waals surface area contributed by atoms with Gasteiger partial charge in [-0.25, -0.2) is 4.79 Å². The number of carbonyl (C=O) groups is 3. The van der Waals surface area contributed by atoms with E-state index in [2.05, 4.69) is 10.3 Å². The summed E-state index contributed by atoms with van der Waals surface area (Å²) in [5.74, 6) is -1.00. The van der Waals surface area contributed by atoms with Crippen LogP contribution >= 0.6 is 0 Å². The molecule has 1 aromatic carbocycles. The maximum absolute atomic E-state index is 12.6. The van der Waals surface area contributed by atoms with Crippen molar-refractivity contribution in [3.05, 3.63) is 23.8 Å². The number of unbranched alkanes of at least 4 members (excludes halogenated alkanes) is 1. The summed E-state index contributed by atoms with van der Waals surface area (Å²) in [6.45, 7) is 4.11. The first-order valence-electron chi connectivity index (χ1n) is 8.80. The average Bonchev–Trinajstić information content (AvgIpc) is 2.65. The summed E-state index contributed by atoms with van der Waals surface area (Å²) >= 11 is 0. The van der Waals surface area contributed by atoms with E-state index in [4.69, 9.17) is 9.47 Å². The first-order chi connectivity index (χ1) is 12.9. The number of imide groups is 2. The summed E-state index contributed by atoms with van der Waals surface area (Å²) in [7, 11) is 3.11. The average molecular weight is 375 g/mol. The fourth-order valence-electron chi connectivity index (χ4n) is 2.77. The Labute approximate surface area is 158 Å². The zero-order valence-electron chi connectivity index (χ0n) is 16.1. The normalized spacial score (nSPS) is 17.8. The summed E-state index contributed by atoms with van der Waals surface area (Å²) in [5.41, 5.74) is 1.17. The Hall–Kier alpha value is -2.90. The van der Waals surface area contributed by atoms with Crippen molar-refractivity contribution in [3.8, 4) is 11.5 Å². The molecule has 0 aliphatic carbocycles. The monoisotopic (exact) mass is 375 g/mol. The van der Waals surface area contributed by atoms with E-state index in [-0.39, 0.29) is 13.1 Å². The molecule has 1 heterocycles. The Bertz CT molecular complexity index is 737. The van der Waals surface area contributed by atoms with Crippen molar-refractivity contribution in [2.75, 3.05) is 20.8 Å². The highest BCUT2D eigenvalue weighted by Gasteiger charge is 2.41. The molecule has 8 nitrogen and oxygen atoms in total. The summed E-state index contributed by atoms with van der Waals surface area (Å²) in [6.07, 6.45) is 1.51. The van der Waals surface area contributed by atoms with Crippen LogP contribution in [0.1, 0.15) is 32.3 Å². The molecule has 0 aromatic heterocycles. The Morgan fingerprint density at radius 1 is 1.15 bits per heavy atom. The van der Waals surface area contributed by atoms with E-state index >= 15 is 0 Å². The molecule has 1 aliphatic rings. The number of methoxy groups -OCH3 is 2. The lowest BCUT2D eigenvalue weighted by Crippen LogP contribution is -2.59. The van der Waals surface area contributed by atoms with E-state index in [0.717, 1.165) is 16.9 Å². The molecule has 0 bridgehead atoms. The van der Waals surface area contributed by atoms with Gasteiger partial charge in [-0.05, 0) is 31.0 Å². The first kappa shape index (κ1) is 20.4. The van der Waals surface area contributed by atoms with Crippen LogP contribution in [0, 0.1) is 5.92 Å². The van der Waals surface area contributed by atoms with Crippen molar-refractivity contribution in [1.82, 2.24) is 10.2 Å². The van der Waals surface area contributed by atoms with Crippen molar-refractivity contribution >= 4 is 23.6 Å². The van der Waals surface area contributed by atoms with Crippen LogP contribution in [0.15, 0.2) is 23.2 Å². The lowest BCUT2D eigenvalue weighted by Gasteiger charge is -2.30. The van der Waals surface area contributed by atoms with Crippen LogP contribution in [0.3, 0.4) is 0 Å². The lowest BCUT2D eigenvalue weighted by atomic mass is 9.99. The minimum absolute atomic E-state index is 0.249. The van der Waals surface area contributed by atoms with E-state index in [1.807, 2.05) is 6.92 Å². The number of aliphatic imine (C=N–C) groups is 1. The molecular formula is C19H25N3O5. The molecule has 1 saturated heterocycles. The van der Waals surface area contributed by atoms with Crippen LogP contribution in [0.5, 0.6) is 11.5 Å². The van der Waals surface area contributed by atoms with Gasteiger partial charge in [-0.2, -0.15) is 0 Å². The Balaban J connectivity index is 2.19. The van der Waals surface area contributed by atoms with Crippen LogP contribution in [-0.4, -0.2) is 49.2 Å². The molecule has 1 N–H and O–H groups in total. The molecule has 1 atom stereocenters. The van der Waals surface area contributed by atoms with Gasteiger partial charge in [-0.15, -0.1) is 0 Å². The standard InChI is InChI=1S/C19H25N3O5/c1-5-6-7-22-18(24)16(17(23)21-19(22)25)12(2)20-11-13-8-14(26-3)10-15(9-13)27-4/h8-10,16H,5-7,11H2,1-4H3,(H,21,23,25)/t16-/m0/s1. The van der Waals surface area contributed by atoms with Crippen molar-refractivity contribution in [1.29, 1.82) is 0 Å². The molecule has 0 spiro atoms. The number of hydrogen-bond acceptors (Lipinski definition) is 6. The number of nitrogens with one attached hydrogen (secondary N) is 1. The molecule has 0 radical (unpaired) electrons. The van der Waals surface area contributed by atoms with Gasteiger partial charge in [0, 0.05) is 18.3 Å². The van der Waals surface area contributed by atoms with Crippen LogP contribution < -0.4 is 14.8 Å². The number of carbonyl (C=O) groups excluding carboxylic acids is 3. The van der Waals surface area contributed by atoms with Gasteiger partial charge in [0.25, 0.3) is 0 Å². The Morgan fingerprint density at radius 3 is 2.33 bits per heavy atom. The fraction of sp³-hybridized carbons (Fsp3) is 0.474. The SMILES string of the molecule is CCCCN1C(=O)NC(=O)[C@H](C(C)=NCc2cc(OC)cc(OC)c2)C1=O. The second-order valence-electron chi connectivity index (χ2n) is 6.25. The highest BCUT2D eigenvalue weighted by atomic mass is 16.5. The van der Waals surface area contributed by atoms with Crippen molar-refractivity contribution < 1.29 is 23.9 Å². The Morgan fingerprint density at radius 2 is 1.78 bits per heavy atom. The molecular weight excluding hydrogens is 350 g/mol. The highest BCUT2D eigenvalue weighted by Crippen LogP contribution is 2.23. The molecule has 0 saturated carbocycles. The molecule has 146 valence electrons. The van der Waals surface area contributed by atoms with Crippen molar-refractivity contribution in [3.63, 3.8) is 0 Å². The second-order valence-corrected chi connectivity index (χ2v) is 6.25.